The number of amides is 1. The van der Waals surface area contributed by atoms with Gasteiger partial charge in [-0.2, -0.15) is 4.99 Å². The topological polar surface area (TPSA) is 97.0 Å². The van der Waals surface area contributed by atoms with Crippen LogP contribution in [0.15, 0.2) is 70.2 Å². The van der Waals surface area contributed by atoms with Crippen molar-refractivity contribution in [1.82, 2.24) is 15.4 Å². The zero-order valence-corrected chi connectivity index (χ0v) is 17.9. The Bertz CT molecular complexity index is 1140. The summed E-state index contributed by atoms with van der Waals surface area (Å²) in [6, 6.07) is 18.4. The van der Waals surface area contributed by atoms with E-state index in [-0.39, 0.29) is 24.2 Å². The smallest absolute Gasteiger partial charge is 0.253 e. The largest absolute Gasteiger partial charge is 0.383 e. The minimum atomic E-state index is -0.132. The Labute approximate surface area is 185 Å². The average Bonchev–Trinajstić information content (AvgIpc) is 3.43. The lowest BCUT2D eigenvalue weighted by Gasteiger charge is -2.14. The highest BCUT2D eigenvalue weighted by Gasteiger charge is 2.25. The zero-order chi connectivity index (χ0) is 22.5. The molecule has 8 heteroatoms. The molecule has 0 saturated carbocycles. The average molecular weight is 432 g/mol. The Hall–Kier alpha value is -3.78. The summed E-state index contributed by atoms with van der Waals surface area (Å²) >= 11 is 0. The molecule has 0 bridgehead atoms. The number of hydrogen-bond acceptors (Lipinski definition) is 6. The van der Waals surface area contributed by atoms with Crippen molar-refractivity contribution in [2.24, 2.45) is 4.99 Å². The summed E-state index contributed by atoms with van der Waals surface area (Å²) in [5, 5.41) is 6.87. The summed E-state index contributed by atoms with van der Waals surface area (Å²) in [4.78, 5) is 30.7. The quantitative estimate of drug-likeness (QED) is 0.550. The number of methoxy groups -OCH3 is 1. The van der Waals surface area contributed by atoms with Gasteiger partial charge in [0.2, 0.25) is 11.9 Å². The van der Waals surface area contributed by atoms with Gasteiger partial charge in [-0.25, -0.2) is 0 Å². The van der Waals surface area contributed by atoms with Crippen LogP contribution in [0.4, 0.5) is 5.88 Å². The van der Waals surface area contributed by atoms with Gasteiger partial charge in [0.05, 0.1) is 12.3 Å². The highest BCUT2D eigenvalue weighted by atomic mass is 16.5. The maximum Gasteiger partial charge on any atom is 0.253 e. The molecule has 3 aromatic rings. The van der Waals surface area contributed by atoms with Crippen LogP contribution in [-0.4, -0.2) is 54.5 Å². The predicted molar refractivity (Wildman–Crippen MR) is 119 cm³/mol. The zero-order valence-electron chi connectivity index (χ0n) is 17.9. The van der Waals surface area contributed by atoms with Crippen LogP contribution in [0.5, 0.6) is 0 Å². The molecule has 0 aliphatic carbocycles. The lowest BCUT2D eigenvalue weighted by atomic mass is 9.94. The Kier molecular flexibility index (Phi) is 6.42. The van der Waals surface area contributed by atoms with Gasteiger partial charge in [0.25, 0.3) is 5.88 Å². The molecule has 2 heterocycles. The van der Waals surface area contributed by atoms with Crippen molar-refractivity contribution in [2.75, 3.05) is 26.8 Å². The number of nitrogens with one attached hydrogen (secondary N) is 1. The number of hydrogen-bond donors (Lipinski definition) is 1. The molecule has 32 heavy (non-hydrogen) atoms. The van der Waals surface area contributed by atoms with Crippen molar-refractivity contribution in [3.8, 4) is 0 Å². The third-order valence-corrected chi connectivity index (χ3v) is 5.31. The van der Waals surface area contributed by atoms with E-state index in [2.05, 4.69) is 15.5 Å². The van der Waals surface area contributed by atoms with E-state index in [0.29, 0.717) is 41.8 Å². The van der Waals surface area contributed by atoms with E-state index in [1.54, 1.807) is 30.2 Å². The fourth-order valence-corrected chi connectivity index (χ4v) is 3.49. The van der Waals surface area contributed by atoms with Crippen molar-refractivity contribution in [3.63, 3.8) is 0 Å². The number of rotatable bonds is 8. The number of ether oxygens (including phenoxy) is 1. The molecular formula is C24H24N4O4. The van der Waals surface area contributed by atoms with E-state index >= 15 is 0 Å². The van der Waals surface area contributed by atoms with Crippen LogP contribution in [0.3, 0.4) is 0 Å². The van der Waals surface area contributed by atoms with Crippen LogP contribution >= 0.6 is 0 Å². The third-order valence-electron chi connectivity index (χ3n) is 5.31. The van der Waals surface area contributed by atoms with Crippen molar-refractivity contribution in [3.05, 3.63) is 83.0 Å². The summed E-state index contributed by atoms with van der Waals surface area (Å²) in [5.74, 6) is 0.438. The molecule has 4 rings (SSSR count). The maximum atomic E-state index is 12.8. The number of carbonyl (C=O) groups excluding carboxylic acids is 2. The Morgan fingerprint density at radius 3 is 2.75 bits per heavy atom. The molecule has 1 aromatic heterocycles. The maximum absolute atomic E-state index is 12.8. The van der Waals surface area contributed by atoms with E-state index < -0.39 is 0 Å². The summed E-state index contributed by atoms with van der Waals surface area (Å²) in [6.45, 7) is 3.23. The number of aromatic nitrogens is 1. The van der Waals surface area contributed by atoms with Crippen molar-refractivity contribution in [1.29, 1.82) is 0 Å². The third kappa shape index (κ3) is 4.76. The molecule has 0 spiro atoms. The minimum Gasteiger partial charge on any atom is -0.383 e. The number of aliphatic imine (C=N–C) groups is 1. The predicted octanol–water partition coefficient (Wildman–Crippen LogP) is 3.12. The van der Waals surface area contributed by atoms with Gasteiger partial charge in [0.1, 0.15) is 6.54 Å². The molecule has 164 valence electrons. The van der Waals surface area contributed by atoms with Gasteiger partial charge in [-0.3, -0.25) is 14.9 Å². The van der Waals surface area contributed by atoms with Crippen LogP contribution in [0.25, 0.3) is 0 Å². The first-order chi connectivity index (χ1) is 15.5. The highest BCUT2D eigenvalue weighted by Crippen LogP contribution is 2.28. The number of ketones is 1. The van der Waals surface area contributed by atoms with Gasteiger partial charge in [-0.15, -0.1) is 0 Å². The van der Waals surface area contributed by atoms with Crippen LogP contribution in [-0.2, 0) is 9.53 Å². The lowest BCUT2D eigenvalue weighted by molar-refractivity contribution is -0.118. The number of benzene rings is 2. The van der Waals surface area contributed by atoms with E-state index in [0.717, 1.165) is 5.56 Å². The number of carbonyl (C=O) groups is 2. The number of guanidine groups is 1. The van der Waals surface area contributed by atoms with Crippen molar-refractivity contribution < 1.29 is 18.8 Å². The second-order valence-corrected chi connectivity index (χ2v) is 7.53. The molecule has 1 amide bonds. The molecule has 1 atom stereocenters. The summed E-state index contributed by atoms with van der Waals surface area (Å²) < 4.78 is 10.5. The second-order valence-electron chi connectivity index (χ2n) is 7.53. The van der Waals surface area contributed by atoms with Crippen molar-refractivity contribution >= 4 is 23.5 Å². The highest BCUT2D eigenvalue weighted by molar-refractivity contribution is 6.09. The van der Waals surface area contributed by atoms with Gasteiger partial charge >= 0.3 is 0 Å². The molecule has 1 aliphatic rings. The summed E-state index contributed by atoms with van der Waals surface area (Å²) in [6.07, 6.45) is 0. The van der Waals surface area contributed by atoms with E-state index in [9.17, 15) is 9.59 Å². The molecule has 1 aliphatic heterocycles. The lowest BCUT2D eigenvalue weighted by Crippen LogP contribution is -2.32. The minimum absolute atomic E-state index is 0.0278. The van der Waals surface area contributed by atoms with E-state index in [4.69, 9.17) is 9.26 Å². The molecule has 2 aromatic carbocycles. The molecule has 1 fully saturated rings. The van der Waals surface area contributed by atoms with Crippen LogP contribution < -0.4 is 5.32 Å². The molecule has 1 unspecified atom stereocenters. The molecular weight excluding hydrogens is 408 g/mol. The SMILES string of the molecule is COCCN1CC(=O)NC1=Nc1cc(C(C)c2cccc(C(=O)c3ccccc3)c2)no1. The molecule has 8 nitrogen and oxygen atoms in total. The summed E-state index contributed by atoms with van der Waals surface area (Å²) in [5.41, 5.74) is 2.89. The number of nitrogens with zero attached hydrogens (tertiary/aromatic N) is 3. The monoisotopic (exact) mass is 432 g/mol. The van der Waals surface area contributed by atoms with Gasteiger partial charge < -0.3 is 14.2 Å². The van der Waals surface area contributed by atoms with Crippen molar-refractivity contribution in [2.45, 2.75) is 12.8 Å². The second kappa shape index (κ2) is 9.57. The van der Waals surface area contributed by atoms with Gasteiger partial charge in [-0.1, -0.05) is 60.6 Å². The molecule has 0 radical (unpaired) electrons. The Morgan fingerprint density at radius 2 is 1.97 bits per heavy atom. The molecule has 1 saturated heterocycles. The summed E-state index contributed by atoms with van der Waals surface area (Å²) in [7, 11) is 1.61. The van der Waals surface area contributed by atoms with E-state index in [1.165, 1.54) is 0 Å². The normalized spacial score (nSPS) is 15.8. The van der Waals surface area contributed by atoms with Crippen LogP contribution in [0.2, 0.25) is 0 Å². The first-order valence-electron chi connectivity index (χ1n) is 10.3. The van der Waals surface area contributed by atoms with Crippen LogP contribution in [0.1, 0.15) is 40.0 Å². The van der Waals surface area contributed by atoms with Gasteiger partial charge in [0.15, 0.2) is 5.78 Å². The van der Waals surface area contributed by atoms with Crippen LogP contribution in [0, 0.1) is 0 Å². The Balaban J connectivity index is 1.52. The fourth-order valence-electron chi connectivity index (χ4n) is 3.49. The fraction of sp³-hybridized carbons (Fsp3) is 0.250. The van der Waals surface area contributed by atoms with E-state index in [1.807, 2.05) is 49.4 Å². The Morgan fingerprint density at radius 1 is 1.19 bits per heavy atom. The first-order valence-corrected chi connectivity index (χ1v) is 10.3. The van der Waals surface area contributed by atoms with Gasteiger partial charge in [-0.05, 0) is 11.6 Å². The standard InChI is InChI=1S/C24H24N4O4/c1-16(18-9-6-10-19(13-18)23(30)17-7-4-3-5-8-17)20-14-22(32-27-20)26-24-25-21(29)15-28(24)11-12-31-2/h3-10,13-14,16H,11-12,15H2,1-2H3,(H,25,26,29). The first kappa shape index (κ1) is 21.5. The molecule has 1 N–H and O–H groups in total. The van der Waals surface area contributed by atoms with Gasteiger partial charge in [0, 0.05) is 36.8 Å².